The molecule has 23 heavy (non-hydrogen) atoms. The average Bonchev–Trinajstić information content (AvgIpc) is 2.62. The van der Waals surface area contributed by atoms with Gasteiger partial charge in [-0.25, -0.2) is 0 Å². The highest BCUT2D eigenvalue weighted by atomic mass is 16.5. The average molecular weight is 317 g/mol. The van der Waals surface area contributed by atoms with Crippen LogP contribution in [0.3, 0.4) is 0 Å². The summed E-state index contributed by atoms with van der Waals surface area (Å²) in [5.74, 6) is 0.588. The number of piperidine rings is 1. The Morgan fingerprint density at radius 3 is 3.00 bits per heavy atom. The zero-order valence-electron chi connectivity index (χ0n) is 13.7. The van der Waals surface area contributed by atoms with Gasteiger partial charge in [0.15, 0.2) is 0 Å². The standard InChI is InChI=1S/C18H27N3O2/c22-18(20-12-16-7-4-8-19-11-16)17-14-21(9-10-23-17)13-15-5-2-1-3-6-15/h1-3,5-6,16-17,19H,4,7-14H2,(H,20,22). The first-order valence-corrected chi connectivity index (χ1v) is 8.67. The third-order valence-corrected chi connectivity index (χ3v) is 4.66. The smallest absolute Gasteiger partial charge is 0.250 e. The molecular formula is C18H27N3O2. The first kappa shape index (κ1) is 16.4. The van der Waals surface area contributed by atoms with Crippen molar-refractivity contribution in [1.29, 1.82) is 0 Å². The molecule has 0 saturated carbocycles. The molecule has 5 heteroatoms. The summed E-state index contributed by atoms with van der Waals surface area (Å²) in [4.78, 5) is 14.7. The quantitative estimate of drug-likeness (QED) is 0.851. The fourth-order valence-corrected chi connectivity index (χ4v) is 3.30. The van der Waals surface area contributed by atoms with E-state index in [-0.39, 0.29) is 12.0 Å². The van der Waals surface area contributed by atoms with Crippen LogP contribution in [0, 0.1) is 5.92 Å². The van der Waals surface area contributed by atoms with E-state index >= 15 is 0 Å². The number of carbonyl (C=O) groups excluding carboxylic acids is 1. The van der Waals surface area contributed by atoms with E-state index in [1.807, 2.05) is 6.07 Å². The highest BCUT2D eigenvalue weighted by Gasteiger charge is 2.27. The summed E-state index contributed by atoms with van der Waals surface area (Å²) in [5.41, 5.74) is 1.28. The lowest BCUT2D eigenvalue weighted by Gasteiger charge is -2.32. The van der Waals surface area contributed by atoms with Gasteiger partial charge in [0.1, 0.15) is 6.10 Å². The molecule has 2 aliphatic rings. The molecule has 0 aromatic heterocycles. The Hall–Kier alpha value is -1.43. The van der Waals surface area contributed by atoms with Crippen molar-refractivity contribution >= 4 is 5.91 Å². The van der Waals surface area contributed by atoms with Crippen LogP contribution >= 0.6 is 0 Å². The summed E-state index contributed by atoms with van der Waals surface area (Å²) in [6.07, 6.45) is 2.05. The van der Waals surface area contributed by atoms with Crippen LogP contribution in [0.1, 0.15) is 18.4 Å². The van der Waals surface area contributed by atoms with Crippen molar-refractivity contribution < 1.29 is 9.53 Å². The predicted octanol–water partition coefficient (Wildman–Crippen LogP) is 1.00. The highest BCUT2D eigenvalue weighted by molar-refractivity contribution is 5.81. The van der Waals surface area contributed by atoms with Gasteiger partial charge in [-0.05, 0) is 37.4 Å². The number of amides is 1. The Balaban J connectivity index is 1.44. The van der Waals surface area contributed by atoms with Crippen LogP contribution in [0.5, 0.6) is 0 Å². The summed E-state index contributed by atoms with van der Waals surface area (Å²) in [6, 6.07) is 10.4. The Bertz CT molecular complexity index is 488. The van der Waals surface area contributed by atoms with E-state index in [0.717, 1.165) is 32.7 Å². The zero-order valence-corrected chi connectivity index (χ0v) is 13.7. The van der Waals surface area contributed by atoms with Crippen molar-refractivity contribution in [3.63, 3.8) is 0 Å². The van der Waals surface area contributed by atoms with E-state index in [0.29, 0.717) is 19.1 Å². The molecule has 5 nitrogen and oxygen atoms in total. The Labute approximate surface area is 138 Å². The van der Waals surface area contributed by atoms with E-state index in [1.165, 1.54) is 18.4 Å². The second-order valence-corrected chi connectivity index (χ2v) is 6.54. The van der Waals surface area contributed by atoms with Crippen molar-refractivity contribution in [1.82, 2.24) is 15.5 Å². The number of hydrogen-bond acceptors (Lipinski definition) is 4. The van der Waals surface area contributed by atoms with Gasteiger partial charge in [0.2, 0.25) is 5.91 Å². The fourth-order valence-electron chi connectivity index (χ4n) is 3.30. The van der Waals surface area contributed by atoms with E-state index < -0.39 is 0 Å². The van der Waals surface area contributed by atoms with Gasteiger partial charge in [-0.1, -0.05) is 30.3 Å². The lowest BCUT2D eigenvalue weighted by Crippen LogP contribution is -2.50. The molecule has 0 spiro atoms. The third kappa shape index (κ3) is 5.03. The molecule has 2 heterocycles. The predicted molar refractivity (Wildman–Crippen MR) is 90.1 cm³/mol. The van der Waals surface area contributed by atoms with Gasteiger partial charge in [0, 0.05) is 26.2 Å². The first-order chi connectivity index (χ1) is 11.3. The molecule has 3 rings (SSSR count). The maximum absolute atomic E-state index is 12.4. The number of ether oxygens (including phenoxy) is 1. The van der Waals surface area contributed by atoms with E-state index in [9.17, 15) is 4.79 Å². The topological polar surface area (TPSA) is 53.6 Å². The lowest BCUT2D eigenvalue weighted by molar-refractivity contribution is -0.139. The summed E-state index contributed by atoms with van der Waals surface area (Å²) in [7, 11) is 0. The molecule has 0 radical (unpaired) electrons. The van der Waals surface area contributed by atoms with E-state index in [2.05, 4.69) is 39.8 Å². The SMILES string of the molecule is O=C(NCC1CCCNC1)C1CN(Cc2ccccc2)CCO1. The molecule has 2 atom stereocenters. The molecule has 2 N–H and O–H groups in total. The minimum absolute atomic E-state index is 0.0355. The summed E-state index contributed by atoms with van der Waals surface area (Å²) in [6.45, 7) is 5.91. The highest BCUT2D eigenvalue weighted by Crippen LogP contribution is 2.12. The first-order valence-electron chi connectivity index (χ1n) is 8.67. The van der Waals surface area contributed by atoms with Gasteiger partial charge in [-0.3, -0.25) is 9.69 Å². The Kier molecular flexibility index (Phi) is 6.02. The molecule has 0 bridgehead atoms. The van der Waals surface area contributed by atoms with Crippen LogP contribution in [0.2, 0.25) is 0 Å². The van der Waals surface area contributed by atoms with Gasteiger partial charge < -0.3 is 15.4 Å². The second kappa shape index (κ2) is 8.43. The number of hydrogen-bond donors (Lipinski definition) is 2. The molecule has 126 valence electrons. The second-order valence-electron chi connectivity index (χ2n) is 6.54. The Morgan fingerprint density at radius 1 is 1.35 bits per heavy atom. The molecule has 2 fully saturated rings. The van der Waals surface area contributed by atoms with Crippen LogP contribution in [-0.4, -0.2) is 56.2 Å². The molecule has 1 aromatic carbocycles. The summed E-state index contributed by atoms with van der Waals surface area (Å²) < 4.78 is 5.68. The summed E-state index contributed by atoms with van der Waals surface area (Å²) >= 11 is 0. The van der Waals surface area contributed by atoms with Gasteiger partial charge in [-0.15, -0.1) is 0 Å². The number of rotatable bonds is 5. The van der Waals surface area contributed by atoms with Crippen molar-refractivity contribution in [2.45, 2.75) is 25.5 Å². The molecule has 2 unspecified atom stereocenters. The van der Waals surface area contributed by atoms with Crippen LogP contribution in [0.4, 0.5) is 0 Å². The fraction of sp³-hybridized carbons (Fsp3) is 0.611. The van der Waals surface area contributed by atoms with Gasteiger partial charge in [-0.2, -0.15) is 0 Å². The maximum atomic E-state index is 12.4. The van der Waals surface area contributed by atoms with Crippen LogP contribution < -0.4 is 10.6 Å². The molecule has 1 amide bonds. The van der Waals surface area contributed by atoms with Crippen molar-refractivity contribution in [2.24, 2.45) is 5.92 Å². The van der Waals surface area contributed by atoms with E-state index in [1.54, 1.807) is 0 Å². The number of carbonyl (C=O) groups is 1. The van der Waals surface area contributed by atoms with Crippen LogP contribution in [0.15, 0.2) is 30.3 Å². The minimum atomic E-state index is -0.344. The lowest BCUT2D eigenvalue weighted by atomic mass is 10.00. The van der Waals surface area contributed by atoms with Crippen molar-refractivity contribution in [3.8, 4) is 0 Å². The van der Waals surface area contributed by atoms with Crippen LogP contribution in [0.25, 0.3) is 0 Å². The third-order valence-electron chi connectivity index (χ3n) is 4.66. The maximum Gasteiger partial charge on any atom is 0.250 e. The molecule has 1 aromatic rings. The Morgan fingerprint density at radius 2 is 2.22 bits per heavy atom. The zero-order chi connectivity index (χ0) is 15.9. The number of benzene rings is 1. The number of morpholine rings is 1. The molecule has 2 aliphatic heterocycles. The number of nitrogens with zero attached hydrogens (tertiary/aromatic N) is 1. The van der Waals surface area contributed by atoms with Crippen molar-refractivity contribution in [2.75, 3.05) is 39.3 Å². The molecule has 0 aliphatic carbocycles. The number of nitrogens with one attached hydrogen (secondary N) is 2. The van der Waals surface area contributed by atoms with Gasteiger partial charge in [0.25, 0.3) is 0 Å². The van der Waals surface area contributed by atoms with E-state index in [4.69, 9.17) is 4.74 Å². The molecule has 2 saturated heterocycles. The van der Waals surface area contributed by atoms with Crippen LogP contribution in [-0.2, 0) is 16.1 Å². The summed E-state index contributed by atoms with van der Waals surface area (Å²) in [5, 5.41) is 6.46. The molecular weight excluding hydrogens is 290 g/mol. The monoisotopic (exact) mass is 317 g/mol. The minimum Gasteiger partial charge on any atom is -0.366 e. The van der Waals surface area contributed by atoms with Gasteiger partial charge >= 0.3 is 0 Å². The normalized spacial score (nSPS) is 25.9. The van der Waals surface area contributed by atoms with Gasteiger partial charge in [0.05, 0.1) is 6.61 Å². The largest absolute Gasteiger partial charge is 0.366 e. The van der Waals surface area contributed by atoms with Crippen molar-refractivity contribution in [3.05, 3.63) is 35.9 Å².